The summed E-state index contributed by atoms with van der Waals surface area (Å²) < 4.78 is 2.35. The zero-order valence-electron chi connectivity index (χ0n) is 12.2. The molecular formula is C15H22N4. The van der Waals surface area contributed by atoms with E-state index < -0.39 is 0 Å². The van der Waals surface area contributed by atoms with Crippen molar-refractivity contribution in [3.8, 4) is 0 Å². The molecule has 1 saturated heterocycles. The van der Waals surface area contributed by atoms with Crippen LogP contribution >= 0.6 is 0 Å². The van der Waals surface area contributed by atoms with Crippen LogP contribution in [0, 0.1) is 0 Å². The number of nitrogens with zero attached hydrogens (tertiary/aromatic N) is 4. The number of hydrogen-bond acceptors (Lipinski definition) is 3. The molecule has 0 radical (unpaired) electrons. The van der Waals surface area contributed by atoms with E-state index >= 15 is 0 Å². The van der Waals surface area contributed by atoms with Gasteiger partial charge in [-0.25, -0.2) is 9.97 Å². The third-order valence-electron chi connectivity index (χ3n) is 3.90. The van der Waals surface area contributed by atoms with Crippen molar-refractivity contribution >= 4 is 11.2 Å². The maximum atomic E-state index is 4.84. The van der Waals surface area contributed by atoms with Gasteiger partial charge in [0, 0.05) is 11.6 Å². The zero-order valence-corrected chi connectivity index (χ0v) is 12.2. The first-order chi connectivity index (χ1) is 8.98. The van der Waals surface area contributed by atoms with Gasteiger partial charge in [-0.15, -0.1) is 0 Å². The lowest BCUT2D eigenvalue weighted by molar-refractivity contribution is 0.230. The van der Waals surface area contributed by atoms with Gasteiger partial charge in [0.15, 0.2) is 5.65 Å². The molecule has 4 nitrogen and oxygen atoms in total. The van der Waals surface area contributed by atoms with Gasteiger partial charge in [0.25, 0.3) is 0 Å². The number of aromatic nitrogens is 3. The molecule has 19 heavy (non-hydrogen) atoms. The highest BCUT2D eigenvalue weighted by Gasteiger charge is 2.31. The largest absolute Gasteiger partial charge is 0.296 e. The molecule has 0 saturated carbocycles. The Morgan fingerprint density at radius 1 is 1.32 bits per heavy atom. The van der Waals surface area contributed by atoms with E-state index in [4.69, 9.17) is 4.98 Å². The summed E-state index contributed by atoms with van der Waals surface area (Å²) in [5.74, 6) is 1.14. The average Bonchev–Trinajstić information content (AvgIpc) is 2.91. The van der Waals surface area contributed by atoms with Gasteiger partial charge in [0.05, 0.1) is 6.17 Å². The summed E-state index contributed by atoms with van der Waals surface area (Å²) in [6, 6.07) is 4.02. The minimum absolute atomic E-state index is 0.0319. The molecule has 1 aliphatic heterocycles. The van der Waals surface area contributed by atoms with Gasteiger partial charge in [-0.1, -0.05) is 20.8 Å². The van der Waals surface area contributed by atoms with Gasteiger partial charge in [0.1, 0.15) is 11.3 Å². The molecule has 0 aliphatic carbocycles. The number of fused-ring (bicyclic) bond motifs is 1. The molecule has 1 aliphatic rings. The predicted octanol–water partition coefficient (Wildman–Crippen LogP) is 2.95. The van der Waals surface area contributed by atoms with Gasteiger partial charge in [-0.3, -0.25) is 9.47 Å². The van der Waals surface area contributed by atoms with Crippen LogP contribution in [0.15, 0.2) is 18.3 Å². The summed E-state index contributed by atoms with van der Waals surface area (Å²) in [5.41, 5.74) is 2.06. The Balaban J connectivity index is 2.24. The number of hydrogen-bond donors (Lipinski definition) is 0. The smallest absolute Gasteiger partial charge is 0.161 e. The van der Waals surface area contributed by atoms with Gasteiger partial charge >= 0.3 is 0 Å². The Labute approximate surface area is 114 Å². The summed E-state index contributed by atoms with van der Waals surface area (Å²) in [7, 11) is 2.19. The normalized spacial score (nSPS) is 21.4. The second-order valence-electron chi connectivity index (χ2n) is 6.51. The SMILES string of the molecule is CN1CCCC1n1c(C(C)(C)C)nc2cccnc21. The van der Waals surface area contributed by atoms with E-state index in [1.165, 1.54) is 12.8 Å². The molecule has 2 aromatic heterocycles. The lowest BCUT2D eigenvalue weighted by Gasteiger charge is -2.27. The Bertz CT molecular complexity index is 594. The molecule has 1 fully saturated rings. The van der Waals surface area contributed by atoms with Crippen molar-refractivity contribution in [2.24, 2.45) is 0 Å². The quantitative estimate of drug-likeness (QED) is 0.788. The molecule has 1 atom stereocenters. The highest BCUT2D eigenvalue weighted by atomic mass is 15.3. The molecule has 1 unspecified atom stereocenters. The van der Waals surface area contributed by atoms with Gasteiger partial charge in [-0.05, 0) is 38.6 Å². The molecule has 0 bridgehead atoms. The summed E-state index contributed by atoms with van der Waals surface area (Å²) in [6.07, 6.45) is 4.69. The van der Waals surface area contributed by atoms with Gasteiger partial charge in [-0.2, -0.15) is 0 Å². The fraction of sp³-hybridized carbons (Fsp3) is 0.600. The summed E-state index contributed by atoms with van der Waals surface area (Å²) in [6.45, 7) is 7.82. The highest BCUT2D eigenvalue weighted by Crippen LogP contribution is 2.34. The van der Waals surface area contributed by atoms with Crippen LogP contribution in [-0.4, -0.2) is 33.0 Å². The van der Waals surface area contributed by atoms with Crippen molar-refractivity contribution in [1.29, 1.82) is 0 Å². The van der Waals surface area contributed by atoms with Crippen LogP contribution < -0.4 is 0 Å². The topological polar surface area (TPSA) is 34.0 Å². The van der Waals surface area contributed by atoms with E-state index in [0.717, 1.165) is 23.5 Å². The number of rotatable bonds is 1. The predicted molar refractivity (Wildman–Crippen MR) is 77.1 cm³/mol. The molecule has 2 aromatic rings. The third kappa shape index (κ3) is 2.04. The lowest BCUT2D eigenvalue weighted by atomic mass is 9.95. The van der Waals surface area contributed by atoms with E-state index in [-0.39, 0.29) is 5.41 Å². The molecule has 0 N–H and O–H groups in total. The fourth-order valence-electron chi connectivity index (χ4n) is 2.96. The Morgan fingerprint density at radius 3 is 2.74 bits per heavy atom. The molecule has 0 spiro atoms. The number of imidazole rings is 1. The summed E-state index contributed by atoms with van der Waals surface area (Å²) in [4.78, 5) is 11.8. The van der Waals surface area contributed by atoms with Crippen LogP contribution in [0.4, 0.5) is 0 Å². The van der Waals surface area contributed by atoms with E-state index in [2.05, 4.69) is 48.3 Å². The van der Waals surface area contributed by atoms with Crippen molar-refractivity contribution in [1.82, 2.24) is 19.4 Å². The average molecular weight is 258 g/mol. The van der Waals surface area contributed by atoms with E-state index in [1.807, 2.05) is 12.3 Å². The zero-order chi connectivity index (χ0) is 13.6. The van der Waals surface area contributed by atoms with Crippen LogP contribution in [-0.2, 0) is 5.41 Å². The van der Waals surface area contributed by atoms with Crippen molar-refractivity contribution in [2.45, 2.75) is 45.2 Å². The summed E-state index contributed by atoms with van der Waals surface area (Å²) in [5, 5.41) is 0. The maximum absolute atomic E-state index is 4.84. The monoisotopic (exact) mass is 258 g/mol. The van der Waals surface area contributed by atoms with Crippen molar-refractivity contribution in [2.75, 3.05) is 13.6 Å². The highest BCUT2D eigenvalue weighted by molar-refractivity contribution is 5.71. The molecule has 0 amide bonds. The third-order valence-corrected chi connectivity index (χ3v) is 3.90. The number of pyridine rings is 1. The maximum Gasteiger partial charge on any atom is 0.161 e. The fourth-order valence-corrected chi connectivity index (χ4v) is 2.96. The molecule has 4 heteroatoms. The van der Waals surface area contributed by atoms with Crippen LogP contribution in [0.5, 0.6) is 0 Å². The van der Waals surface area contributed by atoms with E-state index in [9.17, 15) is 0 Å². The Hall–Kier alpha value is -1.42. The van der Waals surface area contributed by atoms with Gasteiger partial charge < -0.3 is 0 Å². The molecular weight excluding hydrogens is 236 g/mol. The molecule has 102 valence electrons. The first-order valence-corrected chi connectivity index (χ1v) is 7.02. The van der Waals surface area contributed by atoms with E-state index in [1.54, 1.807) is 0 Å². The first-order valence-electron chi connectivity index (χ1n) is 7.02. The second-order valence-corrected chi connectivity index (χ2v) is 6.51. The van der Waals surface area contributed by atoms with Crippen molar-refractivity contribution in [3.63, 3.8) is 0 Å². The van der Waals surface area contributed by atoms with Crippen LogP contribution in [0.2, 0.25) is 0 Å². The molecule has 3 rings (SSSR count). The van der Waals surface area contributed by atoms with Crippen molar-refractivity contribution < 1.29 is 0 Å². The minimum atomic E-state index is 0.0319. The molecule has 3 heterocycles. The second kappa shape index (κ2) is 4.30. The van der Waals surface area contributed by atoms with Crippen LogP contribution in [0.3, 0.4) is 0 Å². The van der Waals surface area contributed by atoms with Crippen LogP contribution in [0.1, 0.15) is 45.6 Å². The Morgan fingerprint density at radius 2 is 2.11 bits per heavy atom. The van der Waals surface area contributed by atoms with Crippen molar-refractivity contribution in [3.05, 3.63) is 24.2 Å². The van der Waals surface area contributed by atoms with E-state index in [0.29, 0.717) is 6.17 Å². The van der Waals surface area contributed by atoms with Gasteiger partial charge in [0.2, 0.25) is 0 Å². The molecule has 0 aromatic carbocycles. The Kier molecular flexibility index (Phi) is 2.86. The standard InChI is InChI=1S/C15H22N4/c1-15(2,3)14-17-11-7-5-9-16-13(11)19(14)12-8-6-10-18(12)4/h5,7,9,12H,6,8,10H2,1-4H3. The minimum Gasteiger partial charge on any atom is -0.296 e. The van der Waals surface area contributed by atoms with Crippen LogP contribution in [0.25, 0.3) is 11.2 Å². The summed E-state index contributed by atoms with van der Waals surface area (Å²) >= 11 is 0. The number of likely N-dealkylation sites (tertiary alicyclic amines) is 1. The lowest BCUT2D eigenvalue weighted by Crippen LogP contribution is -2.28. The first kappa shape index (κ1) is 12.6.